The molecule has 2 amide bonds. The van der Waals surface area contributed by atoms with Gasteiger partial charge in [0, 0.05) is 6.07 Å². The first-order chi connectivity index (χ1) is 17.5. The Balaban J connectivity index is 0.970. The highest BCUT2D eigenvalue weighted by Crippen LogP contribution is 2.33. The summed E-state index contributed by atoms with van der Waals surface area (Å²) < 4.78 is 36.2. The number of aromatic nitrogens is 2. The van der Waals surface area contributed by atoms with E-state index in [0.29, 0.717) is 56.6 Å². The van der Waals surface area contributed by atoms with Crippen molar-refractivity contribution in [1.82, 2.24) is 15.3 Å². The third-order valence-corrected chi connectivity index (χ3v) is 6.72. The number of ether oxygens (including phenoxy) is 4. The fourth-order valence-corrected chi connectivity index (χ4v) is 4.85. The summed E-state index contributed by atoms with van der Waals surface area (Å²) in [5.41, 5.74) is 1.78. The molecule has 2 N–H and O–H groups in total. The molecule has 0 radical (unpaired) electrons. The van der Waals surface area contributed by atoms with Crippen molar-refractivity contribution in [1.29, 1.82) is 0 Å². The van der Waals surface area contributed by atoms with Crippen molar-refractivity contribution in [2.45, 2.75) is 31.5 Å². The maximum atomic E-state index is 14.6. The molecule has 2 aromatic rings. The Morgan fingerprint density at radius 1 is 1.25 bits per heavy atom. The molecule has 1 aromatic carbocycles. The van der Waals surface area contributed by atoms with Crippen LogP contribution in [0.3, 0.4) is 0 Å². The van der Waals surface area contributed by atoms with Crippen LogP contribution in [-0.4, -0.2) is 73.6 Å². The molecule has 2 unspecified atom stereocenters. The van der Waals surface area contributed by atoms with E-state index in [4.69, 9.17) is 18.9 Å². The number of halogens is 1. The van der Waals surface area contributed by atoms with Crippen molar-refractivity contribution in [2.24, 2.45) is 5.92 Å². The van der Waals surface area contributed by atoms with Crippen molar-refractivity contribution in [3.63, 3.8) is 0 Å². The molecule has 36 heavy (non-hydrogen) atoms. The second kappa shape index (κ2) is 9.51. The quantitative estimate of drug-likeness (QED) is 0.519. The van der Waals surface area contributed by atoms with Gasteiger partial charge in [-0.15, -0.1) is 0 Å². The first kappa shape index (κ1) is 22.9. The second-order valence-electron chi connectivity index (χ2n) is 9.42. The van der Waals surface area contributed by atoms with Crippen LogP contribution in [-0.2, 0) is 27.1 Å². The number of benzene rings is 1. The van der Waals surface area contributed by atoms with Gasteiger partial charge in [0.25, 0.3) is 11.8 Å². The monoisotopic (exact) mass is 499 g/mol. The van der Waals surface area contributed by atoms with Crippen LogP contribution in [0.15, 0.2) is 18.3 Å². The van der Waals surface area contributed by atoms with Crippen LogP contribution in [0.1, 0.15) is 17.5 Å². The van der Waals surface area contributed by atoms with E-state index < -0.39 is 6.09 Å². The molecule has 4 aliphatic rings. The van der Waals surface area contributed by atoms with Crippen molar-refractivity contribution >= 4 is 23.6 Å². The summed E-state index contributed by atoms with van der Waals surface area (Å²) in [7, 11) is 0. The predicted molar refractivity (Wildman–Crippen MR) is 124 cm³/mol. The van der Waals surface area contributed by atoms with Crippen molar-refractivity contribution in [2.75, 3.05) is 49.7 Å². The van der Waals surface area contributed by atoms with Gasteiger partial charge in [-0.25, -0.2) is 19.2 Å². The molecule has 1 aromatic heterocycles. The molecular weight excluding hydrogens is 473 g/mol. The number of carbonyl (C=O) groups is 2. The van der Waals surface area contributed by atoms with E-state index in [2.05, 4.69) is 20.6 Å². The van der Waals surface area contributed by atoms with Gasteiger partial charge in [0.2, 0.25) is 0 Å². The number of rotatable bonds is 8. The van der Waals surface area contributed by atoms with Gasteiger partial charge in [-0.05, 0) is 55.5 Å². The van der Waals surface area contributed by atoms with Crippen LogP contribution in [0.5, 0.6) is 11.6 Å². The number of cyclic esters (lactones) is 1. The number of anilines is 2. The molecule has 11 nitrogen and oxygen atoms in total. The molecule has 2 fully saturated rings. The third kappa shape index (κ3) is 4.65. The van der Waals surface area contributed by atoms with Gasteiger partial charge in [-0.3, -0.25) is 9.69 Å². The third-order valence-electron chi connectivity index (χ3n) is 6.72. The summed E-state index contributed by atoms with van der Waals surface area (Å²) >= 11 is 0. The molecule has 0 spiro atoms. The van der Waals surface area contributed by atoms with E-state index in [9.17, 15) is 14.0 Å². The summed E-state index contributed by atoms with van der Waals surface area (Å²) in [4.78, 5) is 33.7. The molecule has 0 saturated carbocycles. The Kier molecular flexibility index (Phi) is 6.05. The number of hydrogen-bond acceptors (Lipinski definition) is 9. The fourth-order valence-electron chi connectivity index (χ4n) is 4.85. The predicted octanol–water partition coefficient (Wildman–Crippen LogP) is 1.44. The molecule has 4 heterocycles. The van der Waals surface area contributed by atoms with Crippen molar-refractivity contribution in [3.05, 3.63) is 35.3 Å². The summed E-state index contributed by atoms with van der Waals surface area (Å²) in [5, 5.41) is 6.00. The Morgan fingerprint density at radius 2 is 2.14 bits per heavy atom. The minimum Gasteiger partial charge on any atom is -0.485 e. The van der Waals surface area contributed by atoms with Gasteiger partial charge in [-0.2, -0.15) is 0 Å². The van der Waals surface area contributed by atoms with E-state index in [1.54, 1.807) is 0 Å². The molecule has 1 aliphatic carbocycles. The van der Waals surface area contributed by atoms with Gasteiger partial charge >= 0.3 is 6.09 Å². The van der Waals surface area contributed by atoms with Crippen LogP contribution < -0.4 is 25.0 Å². The van der Waals surface area contributed by atoms with Gasteiger partial charge < -0.3 is 29.6 Å². The van der Waals surface area contributed by atoms with Crippen molar-refractivity contribution < 1.29 is 32.9 Å². The minimum absolute atomic E-state index is 0.0103. The Bertz CT molecular complexity index is 1190. The van der Waals surface area contributed by atoms with Gasteiger partial charge in [0.1, 0.15) is 23.8 Å². The van der Waals surface area contributed by atoms with E-state index in [-0.39, 0.29) is 42.2 Å². The van der Waals surface area contributed by atoms with Crippen LogP contribution in [0.25, 0.3) is 0 Å². The lowest BCUT2D eigenvalue weighted by Gasteiger charge is -2.27. The highest BCUT2D eigenvalue weighted by atomic mass is 19.1. The second-order valence-corrected chi connectivity index (χ2v) is 9.42. The van der Waals surface area contributed by atoms with Crippen LogP contribution in [0, 0.1) is 11.7 Å². The topological polar surface area (TPSA) is 124 Å². The minimum atomic E-state index is -0.509. The zero-order chi connectivity index (χ0) is 24.6. The number of hydrogen-bond donors (Lipinski definition) is 2. The fraction of sp³-hybridized carbons (Fsp3) is 0.500. The zero-order valence-corrected chi connectivity index (χ0v) is 19.5. The van der Waals surface area contributed by atoms with E-state index in [0.717, 1.165) is 24.1 Å². The first-order valence-electron chi connectivity index (χ1n) is 12.1. The first-order valence-corrected chi connectivity index (χ1v) is 12.1. The largest absolute Gasteiger partial charge is 0.485 e. The smallest absolute Gasteiger partial charge is 0.415 e. The number of amides is 2. The van der Waals surface area contributed by atoms with Gasteiger partial charge in [0.05, 0.1) is 26.0 Å². The average molecular weight is 499 g/mol. The lowest BCUT2D eigenvalue weighted by Crippen LogP contribution is -2.38. The highest BCUT2D eigenvalue weighted by Gasteiger charge is 2.34. The number of fused-ring (bicyclic) bond motifs is 2. The summed E-state index contributed by atoms with van der Waals surface area (Å²) in [6.45, 7) is 2.70. The van der Waals surface area contributed by atoms with E-state index in [1.165, 1.54) is 17.2 Å². The number of nitrogens with one attached hydrogen (secondary N) is 2. The Hall–Kier alpha value is -3.51. The molecular formula is C24H26FN5O6. The van der Waals surface area contributed by atoms with Crippen LogP contribution in [0.4, 0.5) is 20.8 Å². The van der Waals surface area contributed by atoms with Crippen LogP contribution >= 0.6 is 0 Å². The Labute approximate surface area is 206 Å². The summed E-state index contributed by atoms with van der Waals surface area (Å²) in [5.74, 6) is 1.02. The van der Waals surface area contributed by atoms with E-state index in [1.807, 2.05) is 6.07 Å². The molecule has 0 bridgehead atoms. The van der Waals surface area contributed by atoms with Gasteiger partial charge in [-0.1, -0.05) is 0 Å². The average Bonchev–Trinajstić information content (AvgIpc) is 3.42. The SMILES string of the molecule is O=C1COc2ncc(N3CC(CCNCC4Cc5cc(OC6COC6)cc(F)c5C4)OC3=O)nc2N1. The van der Waals surface area contributed by atoms with E-state index >= 15 is 0 Å². The molecule has 12 heteroatoms. The standard InChI is InChI=1S/C24H26FN5O6/c25-19-6-16(35-17-10-33-11-17)5-14-3-13(4-18(14)19)7-26-2-1-15-9-30(24(32)36-15)20-8-27-23-22(28-20)29-21(31)12-34-23/h5-6,8,13,15,17,26H,1-4,7,9-12H2,(H,28,29,31). The lowest BCUT2D eigenvalue weighted by molar-refractivity contribution is -0.118. The number of nitrogens with zero attached hydrogens (tertiary/aromatic N) is 3. The van der Waals surface area contributed by atoms with Crippen molar-refractivity contribution in [3.8, 4) is 11.6 Å². The number of carbonyl (C=O) groups excluding carboxylic acids is 2. The Morgan fingerprint density at radius 3 is 2.97 bits per heavy atom. The zero-order valence-electron chi connectivity index (χ0n) is 19.5. The maximum Gasteiger partial charge on any atom is 0.415 e. The summed E-state index contributed by atoms with van der Waals surface area (Å²) in [6, 6.07) is 3.42. The molecule has 2 saturated heterocycles. The van der Waals surface area contributed by atoms with Gasteiger partial charge in [0.15, 0.2) is 18.2 Å². The molecule has 190 valence electrons. The normalized spacial score (nSPS) is 22.9. The lowest BCUT2D eigenvalue weighted by atomic mass is 10.1. The van der Waals surface area contributed by atoms with Crippen LogP contribution in [0.2, 0.25) is 0 Å². The summed E-state index contributed by atoms with van der Waals surface area (Å²) in [6.07, 6.45) is 2.72. The maximum absolute atomic E-state index is 14.6. The molecule has 6 rings (SSSR count). The molecule has 3 aliphatic heterocycles. The highest BCUT2D eigenvalue weighted by molar-refractivity contribution is 5.94. The molecule has 2 atom stereocenters.